The molecule has 0 spiro atoms. The van der Waals surface area contributed by atoms with Gasteiger partial charge in [0, 0.05) is 5.56 Å². The first-order valence-corrected chi connectivity index (χ1v) is 22.9. The minimum atomic E-state index is -2.22. The van der Waals surface area contributed by atoms with E-state index in [-0.39, 0.29) is 5.91 Å². The molecule has 5 heterocycles. The molecule has 0 aromatic heterocycles. The molecule has 28 nitrogen and oxygen atoms in total. The van der Waals surface area contributed by atoms with Gasteiger partial charge in [0.1, 0.15) is 128 Å². The Morgan fingerprint density at radius 2 is 0.829 bits per heavy atom. The van der Waals surface area contributed by atoms with Crippen LogP contribution in [0.5, 0.6) is 0 Å². The van der Waals surface area contributed by atoms with Gasteiger partial charge in [0.2, 0.25) is 0 Å². The van der Waals surface area contributed by atoms with E-state index in [4.69, 9.17) is 42.6 Å². The molecule has 1 aromatic rings. The predicted octanol–water partition coefficient (Wildman–Crippen LogP) is -9.47. The molecule has 0 radical (unpaired) electrons. The Morgan fingerprint density at radius 1 is 0.457 bits per heavy atom. The number of carbonyl (C=O) groups is 1. The van der Waals surface area contributed by atoms with Crippen LogP contribution in [0.15, 0.2) is 24.3 Å². The Hall–Kier alpha value is -2.35. The maximum Gasteiger partial charge on any atom is 0.252 e. The smallest absolute Gasteiger partial charge is 0.252 e. The van der Waals surface area contributed by atoms with Gasteiger partial charge in [0.25, 0.3) is 5.91 Å². The summed E-state index contributed by atoms with van der Waals surface area (Å²) in [7, 11) is 0. The lowest BCUT2D eigenvalue weighted by molar-refractivity contribution is -0.402. The molecule has 1 amide bonds. The van der Waals surface area contributed by atoms with E-state index in [9.17, 15) is 86.5 Å². The largest absolute Gasteiger partial charge is 0.394 e. The highest BCUT2D eigenvalue weighted by Crippen LogP contribution is 2.38. The zero-order chi connectivity index (χ0) is 51.3. The average molecular weight is 1020 g/mol. The zero-order valence-electron chi connectivity index (χ0n) is 38.1. The molecule has 0 bridgehead atoms. The molecule has 0 saturated carbocycles. The maximum absolute atomic E-state index is 12.7. The van der Waals surface area contributed by atoms with Gasteiger partial charge in [-0.15, -0.1) is 0 Å². The zero-order valence-corrected chi connectivity index (χ0v) is 38.1. The third-order valence-corrected chi connectivity index (χ3v) is 13.2. The number of hydrogen-bond donors (Lipinski definition) is 17. The highest BCUT2D eigenvalue weighted by Gasteiger charge is 2.57. The highest BCUT2D eigenvalue weighted by molar-refractivity contribution is 5.94. The summed E-state index contributed by atoms with van der Waals surface area (Å²) in [4.78, 5) is 14.7. The second-order valence-electron chi connectivity index (χ2n) is 17.6. The number of aliphatic hydroxyl groups is 16. The van der Waals surface area contributed by atoms with E-state index < -0.39 is 186 Å². The summed E-state index contributed by atoms with van der Waals surface area (Å²) < 4.78 is 51.8. The number of ether oxygens (including phenoxy) is 9. The Bertz CT molecular complexity index is 1750. The van der Waals surface area contributed by atoms with E-state index in [1.807, 2.05) is 18.7 Å². The van der Waals surface area contributed by atoms with Crippen LogP contribution in [0.1, 0.15) is 35.9 Å². The first kappa shape index (κ1) is 56.9. The van der Waals surface area contributed by atoms with Gasteiger partial charge in [0.05, 0.1) is 39.7 Å². The molecule has 1 aromatic carbocycles. The van der Waals surface area contributed by atoms with Crippen LogP contribution < -0.4 is 5.32 Å². The fourth-order valence-electron chi connectivity index (χ4n) is 8.87. The normalized spacial score (nSPS) is 44.9. The monoisotopic (exact) mass is 1020 g/mol. The van der Waals surface area contributed by atoms with Crippen molar-refractivity contribution in [2.24, 2.45) is 0 Å². The maximum atomic E-state index is 12.7. The third-order valence-electron chi connectivity index (χ3n) is 13.2. The van der Waals surface area contributed by atoms with Crippen LogP contribution >= 0.6 is 0 Å². The van der Waals surface area contributed by atoms with E-state index in [2.05, 4.69) is 5.32 Å². The Labute approximate surface area is 400 Å². The third kappa shape index (κ3) is 12.1. The Morgan fingerprint density at radius 3 is 1.29 bits per heavy atom. The number of amides is 1. The number of rotatable bonds is 19. The molecule has 0 aliphatic carbocycles. The van der Waals surface area contributed by atoms with Gasteiger partial charge in [-0.3, -0.25) is 9.69 Å². The molecule has 25 atom stereocenters. The topological polar surface area (TPSA) is 439 Å². The van der Waals surface area contributed by atoms with Gasteiger partial charge in [0.15, 0.2) is 25.2 Å². The summed E-state index contributed by atoms with van der Waals surface area (Å²) in [5, 5.41) is 174. The van der Waals surface area contributed by atoms with Gasteiger partial charge in [-0.05, 0) is 30.8 Å². The fourth-order valence-corrected chi connectivity index (χ4v) is 8.87. The molecule has 5 aliphatic heterocycles. The van der Waals surface area contributed by atoms with Crippen molar-refractivity contribution in [3.05, 3.63) is 35.4 Å². The molecule has 5 aliphatic rings. The van der Waals surface area contributed by atoms with E-state index >= 15 is 0 Å². The molecule has 17 N–H and O–H groups in total. The molecule has 28 heteroatoms. The number of hydrogen-bond acceptors (Lipinski definition) is 27. The van der Waals surface area contributed by atoms with E-state index in [1.54, 1.807) is 0 Å². The second kappa shape index (κ2) is 25.3. The van der Waals surface area contributed by atoms with Crippen LogP contribution in [0, 0.1) is 0 Å². The van der Waals surface area contributed by atoms with Crippen LogP contribution in [0.4, 0.5) is 0 Å². The minimum absolute atomic E-state index is 0.299. The van der Waals surface area contributed by atoms with E-state index in [0.29, 0.717) is 17.8 Å². The highest BCUT2D eigenvalue weighted by atomic mass is 16.8. The van der Waals surface area contributed by atoms with Crippen LogP contribution in [0.25, 0.3) is 0 Å². The standard InChI is InChI=1S/C42H68N2O26/c1-3-44(4-2)14-43-38(61)16-7-5-15(6-8-16)33-26(54)27(55)34(19(11-47)62-33)67-41-31(59)28(56)35(20(12-48)65-41)68-42-32(60)37(70-40-30(58)25(53)23(51)18(10-46)64-40)36(21(13-49)66-42)69-39-29(57)24(52)22(50)17(9-45)63-39/h5-8,17-37,39-42,45-60H,3-4,9-14H2,1-2H3,(H,43,61)/t17-,18-,19-,20-,21-,22-,23-,24+,25+,26-,27-,28-,29-,30-,31-,32-,33-,34-,35-,36-,37-,39-,40-,41-,42-/m1/s1. The molecule has 70 heavy (non-hydrogen) atoms. The average Bonchev–Trinajstić information content (AvgIpc) is 3.36. The number of benzene rings is 1. The Balaban J connectivity index is 1.17. The van der Waals surface area contributed by atoms with Gasteiger partial charge in [-0.2, -0.15) is 0 Å². The first-order valence-electron chi connectivity index (χ1n) is 22.9. The number of aliphatic hydroxyl groups excluding tert-OH is 16. The number of nitrogens with zero attached hydrogens (tertiary/aromatic N) is 1. The summed E-state index contributed by atoms with van der Waals surface area (Å²) in [6, 6.07) is 5.95. The Kier molecular flexibility index (Phi) is 20.5. The van der Waals surface area contributed by atoms with Crippen LogP contribution in [0.2, 0.25) is 0 Å². The summed E-state index contributed by atoms with van der Waals surface area (Å²) >= 11 is 0. The molecule has 5 saturated heterocycles. The van der Waals surface area contributed by atoms with Crippen molar-refractivity contribution >= 4 is 5.91 Å². The van der Waals surface area contributed by atoms with Crippen LogP contribution in [0.3, 0.4) is 0 Å². The number of carbonyl (C=O) groups excluding carboxylic acids is 1. The van der Waals surface area contributed by atoms with Gasteiger partial charge >= 0.3 is 0 Å². The van der Waals surface area contributed by atoms with E-state index in [1.165, 1.54) is 24.3 Å². The molecular weight excluding hydrogens is 948 g/mol. The predicted molar refractivity (Wildman–Crippen MR) is 225 cm³/mol. The minimum Gasteiger partial charge on any atom is -0.394 e. The lowest BCUT2D eigenvalue weighted by atomic mass is 9.90. The lowest BCUT2D eigenvalue weighted by Crippen LogP contribution is -2.68. The van der Waals surface area contributed by atoms with Crippen molar-refractivity contribution in [2.75, 3.05) is 52.8 Å². The van der Waals surface area contributed by atoms with Gasteiger partial charge in [-0.1, -0.05) is 26.0 Å². The van der Waals surface area contributed by atoms with Crippen molar-refractivity contribution < 1.29 is 129 Å². The molecule has 6 rings (SSSR count). The summed E-state index contributed by atoms with van der Waals surface area (Å²) in [5.74, 6) is -0.359. The lowest BCUT2D eigenvalue weighted by Gasteiger charge is -2.50. The SMILES string of the molecule is CCN(CC)CNC(=O)c1ccc([C@H]2O[C@H](CO)[C@@H](O[C@H]3O[C@H](CO)[C@@H](O[C@H]4O[C@H](CO)[C@@H](O[C@H]5O[C@H](CO)[C@@H](O)[C@H](O)[C@H]5O)[C@H](O[C@H]5O[C@H](CO)[C@@H](O)[C@H](O)[C@H]5O)[C@H]4O)[C@H](O)[C@H]3O)[C@H](O)[C@H]2O)cc1. The summed E-state index contributed by atoms with van der Waals surface area (Å²) in [5.41, 5.74) is 0.616. The van der Waals surface area contributed by atoms with Gasteiger partial charge in [-0.25, -0.2) is 0 Å². The summed E-state index contributed by atoms with van der Waals surface area (Å²) in [6.45, 7) is 1.02. The van der Waals surface area contributed by atoms with Crippen LogP contribution in [-0.4, -0.2) is 293 Å². The van der Waals surface area contributed by atoms with Crippen molar-refractivity contribution in [1.82, 2.24) is 10.2 Å². The number of nitrogens with one attached hydrogen (secondary N) is 1. The second-order valence-corrected chi connectivity index (χ2v) is 17.6. The first-order chi connectivity index (χ1) is 33.4. The molecular formula is C42H68N2O26. The van der Waals surface area contributed by atoms with Gasteiger partial charge < -0.3 is 130 Å². The fraction of sp³-hybridized carbons (Fsp3) is 0.833. The molecule has 5 fully saturated rings. The summed E-state index contributed by atoms with van der Waals surface area (Å²) in [6.07, 6.45) is -46.4. The van der Waals surface area contributed by atoms with Crippen molar-refractivity contribution in [3.8, 4) is 0 Å². The van der Waals surface area contributed by atoms with E-state index in [0.717, 1.165) is 13.1 Å². The molecule has 402 valence electrons. The van der Waals surface area contributed by atoms with Crippen molar-refractivity contribution in [3.63, 3.8) is 0 Å². The van der Waals surface area contributed by atoms with Crippen molar-refractivity contribution in [1.29, 1.82) is 0 Å². The quantitative estimate of drug-likeness (QED) is 0.0572. The molecule has 0 unspecified atom stereocenters. The van der Waals surface area contributed by atoms with Crippen LogP contribution in [-0.2, 0) is 42.6 Å². The van der Waals surface area contributed by atoms with Crippen molar-refractivity contribution in [2.45, 2.75) is 167 Å².